The van der Waals surface area contributed by atoms with Crippen molar-refractivity contribution in [1.82, 2.24) is 10.2 Å². The van der Waals surface area contributed by atoms with Crippen LogP contribution >= 0.6 is 0 Å². The van der Waals surface area contributed by atoms with E-state index in [-0.39, 0.29) is 0 Å². The molecule has 6 aromatic carbocycles. The molecule has 2 heterocycles. The first kappa shape index (κ1) is 23.9. The first-order valence-corrected chi connectivity index (χ1v) is 14.4. The van der Waals surface area contributed by atoms with E-state index >= 15 is 0 Å². The SMILES string of the molecule is c1ccc(-c2nnc(-c3ccc(-c4ccc5c(c4)C4(c6ccccc6O5)c5ccccc5-c5ccccc54)cc3)o2)cc1. The average molecular weight is 553 g/mol. The van der Waals surface area contributed by atoms with E-state index in [2.05, 4.69) is 107 Å². The van der Waals surface area contributed by atoms with E-state index in [1.165, 1.54) is 22.3 Å². The van der Waals surface area contributed by atoms with E-state index in [4.69, 9.17) is 9.15 Å². The highest BCUT2D eigenvalue weighted by molar-refractivity contribution is 5.89. The van der Waals surface area contributed by atoms with Gasteiger partial charge in [0.2, 0.25) is 11.8 Å². The molecular weight excluding hydrogens is 528 g/mol. The summed E-state index contributed by atoms with van der Waals surface area (Å²) in [4.78, 5) is 0. The summed E-state index contributed by atoms with van der Waals surface area (Å²) in [5.41, 5.74) is 10.9. The molecule has 9 rings (SSSR count). The van der Waals surface area contributed by atoms with Gasteiger partial charge in [-0.2, -0.15) is 0 Å². The molecule has 202 valence electrons. The van der Waals surface area contributed by atoms with Crippen molar-refractivity contribution in [2.75, 3.05) is 0 Å². The molecule has 0 amide bonds. The van der Waals surface area contributed by atoms with Crippen LogP contribution in [0, 0.1) is 0 Å². The fraction of sp³-hybridized carbons (Fsp3) is 0.0256. The maximum Gasteiger partial charge on any atom is 0.248 e. The van der Waals surface area contributed by atoms with Crippen molar-refractivity contribution < 1.29 is 9.15 Å². The van der Waals surface area contributed by atoms with E-state index in [1.807, 2.05) is 48.5 Å². The Morgan fingerprint density at radius 2 is 0.907 bits per heavy atom. The molecule has 0 unspecified atom stereocenters. The minimum absolute atomic E-state index is 0.481. The third kappa shape index (κ3) is 3.44. The number of hydrogen-bond donors (Lipinski definition) is 0. The molecule has 7 aromatic rings. The van der Waals surface area contributed by atoms with E-state index < -0.39 is 5.41 Å². The Kier molecular flexibility index (Phi) is 5.08. The molecule has 0 bridgehead atoms. The molecule has 1 aromatic heterocycles. The fourth-order valence-electron chi connectivity index (χ4n) is 6.88. The molecule has 2 aliphatic rings. The number of aromatic nitrogens is 2. The van der Waals surface area contributed by atoms with Gasteiger partial charge in [-0.25, -0.2) is 0 Å². The Balaban J connectivity index is 1.18. The summed E-state index contributed by atoms with van der Waals surface area (Å²) in [6.07, 6.45) is 0. The highest BCUT2D eigenvalue weighted by atomic mass is 16.5. The summed E-state index contributed by atoms with van der Waals surface area (Å²) in [5, 5.41) is 8.56. The van der Waals surface area contributed by atoms with Crippen molar-refractivity contribution in [2.45, 2.75) is 5.41 Å². The van der Waals surface area contributed by atoms with Gasteiger partial charge in [0.1, 0.15) is 11.5 Å². The molecule has 1 aliphatic heterocycles. The van der Waals surface area contributed by atoms with Crippen LogP contribution in [0.5, 0.6) is 11.5 Å². The van der Waals surface area contributed by atoms with Crippen molar-refractivity contribution >= 4 is 0 Å². The van der Waals surface area contributed by atoms with Crippen LogP contribution in [0.2, 0.25) is 0 Å². The zero-order valence-electron chi connectivity index (χ0n) is 23.1. The Morgan fingerprint density at radius 1 is 0.395 bits per heavy atom. The molecule has 0 saturated carbocycles. The van der Waals surface area contributed by atoms with Crippen molar-refractivity contribution in [1.29, 1.82) is 0 Å². The van der Waals surface area contributed by atoms with Crippen LogP contribution in [0.1, 0.15) is 22.3 Å². The minimum Gasteiger partial charge on any atom is -0.457 e. The van der Waals surface area contributed by atoms with Gasteiger partial charge >= 0.3 is 0 Å². The highest BCUT2D eigenvalue weighted by Gasteiger charge is 2.50. The van der Waals surface area contributed by atoms with E-state index in [0.717, 1.165) is 44.9 Å². The van der Waals surface area contributed by atoms with Gasteiger partial charge in [0.25, 0.3) is 0 Å². The first-order chi connectivity index (χ1) is 21.3. The van der Waals surface area contributed by atoms with Crippen molar-refractivity contribution in [2.24, 2.45) is 0 Å². The molecule has 4 nitrogen and oxygen atoms in total. The summed E-state index contributed by atoms with van der Waals surface area (Å²) in [6.45, 7) is 0. The summed E-state index contributed by atoms with van der Waals surface area (Å²) < 4.78 is 12.6. The maximum absolute atomic E-state index is 6.57. The van der Waals surface area contributed by atoms with Crippen LogP contribution in [-0.4, -0.2) is 10.2 Å². The van der Waals surface area contributed by atoms with Crippen LogP contribution in [0.25, 0.3) is 45.2 Å². The Labute approximate surface area is 248 Å². The predicted octanol–water partition coefficient (Wildman–Crippen LogP) is 9.54. The predicted molar refractivity (Wildman–Crippen MR) is 168 cm³/mol. The van der Waals surface area contributed by atoms with Crippen LogP contribution < -0.4 is 4.74 Å². The molecule has 43 heavy (non-hydrogen) atoms. The summed E-state index contributed by atoms with van der Waals surface area (Å²) in [6, 6.07) is 50.7. The molecule has 0 fully saturated rings. The average Bonchev–Trinajstić information content (AvgIpc) is 3.69. The number of rotatable bonds is 3. The summed E-state index contributed by atoms with van der Waals surface area (Å²) in [5.74, 6) is 2.79. The van der Waals surface area contributed by atoms with Gasteiger partial charge in [0.15, 0.2) is 0 Å². The fourth-order valence-corrected chi connectivity index (χ4v) is 6.88. The topological polar surface area (TPSA) is 48.2 Å². The van der Waals surface area contributed by atoms with E-state index in [9.17, 15) is 0 Å². The lowest BCUT2D eigenvalue weighted by atomic mass is 9.66. The lowest BCUT2D eigenvalue weighted by Gasteiger charge is -2.39. The summed E-state index contributed by atoms with van der Waals surface area (Å²) >= 11 is 0. The van der Waals surface area contributed by atoms with Gasteiger partial charge in [0, 0.05) is 22.3 Å². The first-order valence-electron chi connectivity index (χ1n) is 14.4. The lowest BCUT2D eigenvalue weighted by Crippen LogP contribution is -2.32. The summed E-state index contributed by atoms with van der Waals surface area (Å²) in [7, 11) is 0. The lowest BCUT2D eigenvalue weighted by molar-refractivity contribution is 0.436. The Morgan fingerprint density at radius 3 is 1.60 bits per heavy atom. The molecule has 0 saturated heterocycles. The Bertz CT molecular complexity index is 2120. The second kappa shape index (κ2) is 9.13. The smallest absolute Gasteiger partial charge is 0.248 e. The van der Waals surface area contributed by atoms with Crippen LogP contribution in [0.3, 0.4) is 0 Å². The molecule has 0 atom stereocenters. The molecule has 1 spiro atoms. The van der Waals surface area contributed by atoms with Crippen molar-refractivity contribution in [3.8, 4) is 56.7 Å². The minimum atomic E-state index is -0.481. The number of para-hydroxylation sites is 1. The van der Waals surface area contributed by atoms with Gasteiger partial charge < -0.3 is 9.15 Å². The van der Waals surface area contributed by atoms with Gasteiger partial charge in [-0.15, -0.1) is 10.2 Å². The Hall–Kier alpha value is -5.74. The largest absolute Gasteiger partial charge is 0.457 e. The number of benzene rings is 6. The number of hydrogen-bond acceptors (Lipinski definition) is 4. The van der Waals surface area contributed by atoms with Crippen LogP contribution in [0.4, 0.5) is 0 Å². The molecular formula is C39H24N2O2. The van der Waals surface area contributed by atoms with Gasteiger partial charge in [0.05, 0.1) is 5.41 Å². The molecule has 0 radical (unpaired) electrons. The second-order valence-corrected chi connectivity index (χ2v) is 11.0. The van der Waals surface area contributed by atoms with Crippen molar-refractivity contribution in [3.05, 3.63) is 168 Å². The van der Waals surface area contributed by atoms with Gasteiger partial charge in [-0.3, -0.25) is 0 Å². The normalized spacial score (nSPS) is 13.5. The molecule has 1 aliphatic carbocycles. The zero-order valence-corrected chi connectivity index (χ0v) is 23.1. The van der Waals surface area contributed by atoms with Gasteiger partial charge in [-0.05, 0) is 75.8 Å². The monoisotopic (exact) mass is 552 g/mol. The third-order valence-electron chi connectivity index (χ3n) is 8.76. The third-order valence-corrected chi connectivity index (χ3v) is 8.76. The van der Waals surface area contributed by atoms with Crippen LogP contribution in [0.15, 0.2) is 150 Å². The number of ether oxygens (including phenoxy) is 1. The quantitative estimate of drug-likeness (QED) is 0.219. The number of nitrogens with zero attached hydrogens (tertiary/aromatic N) is 2. The van der Waals surface area contributed by atoms with E-state index in [1.54, 1.807) is 0 Å². The number of fused-ring (bicyclic) bond motifs is 9. The van der Waals surface area contributed by atoms with E-state index in [0.29, 0.717) is 11.8 Å². The second-order valence-electron chi connectivity index (χ2n) is 11.0. The van der Waals surface area contributed by atoms with Crippen LogP contribution in [-0.2, 0) is 5.41 Å². The zero-order chi connectivity index (χ0) is 28.4. The molecule has 0 N–H and O–H groups in total. The molecule has 4 heteroatoms. The van der Waals surface area contributed by atoms with Crippen molar-refractivity contribution in [3.63, 3.8) is 0 Å². The maximum atomic E-state index is 6.57. The van der Waals surface area contributed by atoms with Gasteiger partial charge in [-0.1, -0.05) is 103 Å². The standard InChI is InChI=1S/C39H24N2O2/c1-2-10-26(11-3-1)37-40-41-38(43-37)27-20-18-25(19-21-27)28-22-23-36-34(24-28)39(33-16-8-9-17-35(33)42-36)31-14-6-4-12-29(31)30-13-5-7-15-32(30)39/h1-24H. The highest BCUT2D eigenvalue weighted by Crippen LogP contribution is 2.62.